The number of amides is 1. The van der Waals surface area contributed by atoms with Crippen LogP contribution in [0.3, 0.4) is 0 Å². The van der Waals surface area contributed by atoms with Gasteiger partial charge in [-0.3, -0.25) is 4.79 Å². The molecule has 0 saturated heterocycles. The van der Waals surface area contributed by atoms with Crippen LogP contribution in [0, 0.1) is 6.92 Å². The Morgan fingerprint density at radius 1 is 1.08 bits per heavy atom. The van der Waals surface area contributed by atoms with Gasteiger partial charge in [-0.25, -0.2) is 0 Å². The smallest absolute Gasteiger partial charge is 0.250 e. The average Bonchev–Trinajstić information content (AvgIpc) is 2.89. The zero-order chi connectivity index (χ0) is 19.3. The topological polar surface area (TPSA) is 48.0 Å². The van der Waals surface area contributed by atoms with Crippen molar-refractivity contribution in [2.75, 3.05) is 0 Å². The molecule has 0 fully saturated rings. The number of aromatic nitrogens is 1. The van der Waals surface area contributed by atoms with Gasteiger partial charge >= 0.3 is 0 Å². The fraction of sp³-hybridized carbons (Fsp3) is 0.522. The second-order valence-corrected chi connectivity index (χ2v) is 9.07. The molecule has 0 aliphatic heterocycles. The third kappa shape index (κ3) is 2.98. The molecule has 3 nitrogen and oxygen atoms in total. The second kappa shape index (κ2) is 6.29. The molecule has 1 aliphatic carbocycles. The Bertz CT molecular complexity index is 855. The Kier molecular flexibility index (Phi) is 4.54. The zero-order valence-corrected chi connectivity index (χ0v) is 17.1. The van der Waals surface area contributed by atoms with E-state index < -0.39 is 0 Å². The number of carbonyl (C=O) groups is 1. The monoisotopic (exact) mass is 352 g/mol. The van der Waals surface area contributed by atoms with Crippen molar-refractivity contribution in [3.05, 3.63) is 46.6 Å². The highest BCUT2D eigenvalue weighted by atomic mass is 16.1. The number of benzene rings is 1. The highest BCUT2D eigenvalue weighted by Crippen LogP contribution is 2.46. The number of nitrogens with zero attached hydrogens (tertiary/aromatic N) is 1. The normalized spacial score (nSPS) is 17.8. The SMILES string of the molecule is CCCn1c(-c2ccc3c(c2)C(C)(C)CCC3(C)C)cc(C(N)=O)c1C. The first-order valence-electron chi connectivity index (χ1n) is 9.74. The summed E-state index contributed by atoms with van der Waals surface area (Å²) in [4.78, 5) is 11.9. The first kappa shape index (κ1) is 18.8. The molecule has 2 N–H and O–H groups in total. The maximum atomic E-state index is 11.9. The van der Waals surface area contributed by atoms with Crippen molar-refractivity contribution in [1.29, 1.82) is 0 Å². The van der Waals surface area contributed by atoms with Crippen molar-refractivity contribution in [3.8, 4) is 11.3 Å². The number of nitrogens with two attached hydrogens (primary N) is 1. The summed E-state index contributed by atoms with van der Waals surface area (Å²) < 4.78 is 2.24. The van der Waals surface area contributed by atoms with Crippen molar-refractivity contribution < 1.29 is 4.79 Å². The quantitative estimate of drug-likeness (QED) is 0.795. The van der Waals surface area contributed by atoms with E-state index in [-0.39, 0.29) is 16.7 Å². The summed E-state index contributed by atoms with van der Waals surface area (Å²) in [5.74, 6) is -0.349. The average molecular weight is 353 g/mol. The van der Waals surface area contributed by atoms with Crippen LogP contribution in [0.25, 0.3) is 11.3 Å². The van der Waals surface area contributed by atoms with Crippen LogP contribution in [0.2, 0.25) is 0 Å². The van der Waals surface area contributed by atoms with E-state index in [1.807, 2.05) is 13.0 Å². The summed E-state index contributed by atoms with van der Waals surface area (Å²) in [5, 5.41) is 0. The van der Waals surface area contributed by atoms with Gasteiger partial charge in [-0.2, -0.15) is 0 Å². The van der Waals surface area contributed by atoms with Gasteiger partial charge in [-0.05, 0) is 65.8 Å². The molecule has 140 valence electrons. The number of fused-ring (bicyclic) bond motifs is 1. The molecule has 1 aliphatic rings. The van der Waals surface area contributed by atoms with Gasteiger partial charge in [-0.15, -0.1) is 0 Å². The highest BCUT2D eigenvalue weighted by molar-refractivity contribution is 5.95. The van der Waals surface area contributed by atoms with E-state index in [2.05, 4.69) is 57.4 Å². The van der Waals surface area contributed by atoms with Gasteiger partial charge in [0, 0.05) is 17.9 Å². The molecule has 0 bridgehead atoms. The summed E-state index contributed by atoms with van der Waals surface area (Å²) in [7, 11) is 0. The molecule has 1 heterocycles. The predicted octanol–water partition coefficient (Wildman–Crippen LogP) is 5.32. The summed E-state index contributed by atoms with van der Waals surface area (Å²) in [6.45, 7) is 14.4. The van der Waals surface area contributed by atoms with Crippen molar-refractivity contribution in [2.24, 2.45) is 5.73 Å². The highest BCUT2D eigenvalue weighted by Gasteiger charge is 2.37. The number of hydrogen-bond acceptors (Lipinski definition) is 1. The van der Waals surface area contributed by atoms with Gasteiger partial charge in [0.1, 0.15) is 0 Å². The van der Waals surface area contributed by atoms with Crippen molar-refractivity contribution >= 4 is 5.91 Å². The van der Waals surface area contributed by atoms with Crippen LogP contribution in [0.5, 0.6) is 0 Å². The Labute approximate surface area is 157 Å². The fourth-order valence-corrected chi connectivity index (χ4v) is 4.39. The minimum atomic E-state index is -0.349. The first-order valence-corrected chi connectivity index (χ1v) is 9.74. The minimum Gasteiger partial charge on any atom is -0.366 e. The number of rotatable bonds is 4. The molecule has 0 spiro atoms. The van der Waals surface area contributed by atoms with Crippen LogP contribution in [-0.2, 0) is 17.4 Å². The third-order valence-electron chi connectivity index (χ3n) is 6.23. The lowest BCUT2D eigenvalue weighted by atomic mass is 9.63. The predicted molar refractivity (Wildman–Crippen MR) is 109 cm³/mol. The van der Waals surface area contributed by atoms with Crippen molar-refractivity contribution in [3.63, 3.8) is 0 Å². The molecule has 0 radical (unpaired) electrons. The molecule has 1 amide bonds. The van der Waals surface area contributed by atoms with E-state index in [0.717, 1.165) is 24.4 Å². The Balaban J connectivity index is 2.21. The van der Waals surface area contributed by atoms with Gasteiger partial charge in [0.15, 0.2) is 0 Å². The summed E-state index contributed by atoms with van der Waals surface area (Å²) in [6.07, 6.45) is 3.42. The van der Waals surface area contributed by atoms with Gasteiger partial charge in [0.2, 0.25) is 0 Å². The van der Waals surface area contributed by atoms with Crippen LogP contribution in [0.15, 0.2) is 24.3 Å². The Hall–Kier alpha value is -2.03. The lowest BCUT2D eigenvalue weighted by Crippen LogP contribution is -2.33. The zero-order valence-electron chi connectivity index (χ0n) is 17.1. The standard InChI is InChI=1S/C23H32N2O/c1-7-12-25-15(2)17(21(24)26)14-20(25)16-8-9-18-19(13-16)23(5,6)11-10-22(18,3)4/h8-9,13-14H,7,10-12H2,1-6H3,(H2,24,26). The molecule has 2 aromatic rings. The molecule has 26 heavy (non-hydrogen) atoms. The van der Waals surface area contributed by atoms with Gasteiger partial charge < -0.3 is 10.3 Å². The van der Waals surface area contributed by atoms with Crippen LogP contribution < -0.4 is 5.73 Å². The van der Waals surface area contributed by atoms with E-state index in [0.29, 0.717) is 5.56 Å². The summed E-state index contributed by atoms with van der Waals surface area (Å²) in [5.41, 5.74) is 12.8. The van der Waals surface area contributed by atoms with Gasteiger partial charge in [0.05, 0.1) is 5.56 Å². The van der Waals surface area contributed by atoms with Crippen LogP contribution in [0.4, 0.5) is 0 Å². The lowest BCUT2D eigenvalue weighted by Gasteiger charge is -2.42. The van der Waals surface area contributed by atoms with Gasteiger partial charge in [-0.1, -0.05) is 46.8 Å². The van der Waals surface area contributed by atoms with Crippen molar-refractivity contribution in [2.45, 2.75) is 78.2 Å². The molecule has 3 rings (SSSR count). The minimum absolute atomic E-state index is 0.171. The van der Waals surface area contributed by atoms with E-state index in [9.17, 15) is 4.79 Å². The van der Waals surface area contributed by atoms with Crippen LogP contribution >= 0.6 is 0 Å². The molecule has 1 aromatic carbocycles. The Morgan fingerprint density at radius 2 is 1.69 bits per heavy atom. The maximum Gasteiger partial charge on any atom is 0.250 e. The van der Waals surface area contributed by atoms with E-state index in [1.165, 1.54) is 29.5 Å². The molecular formula is C23H32N2O. The van der Waals surface area contributed by atoms with E-state index in [1.54, 1.807) is 0 Å². The lowest BCUT2D eigenvalue weighted by molar-refractivity contribution is 0.0999. The van der Waals surface area contributed by atoms with Crippen molar-refractivity contribution in [1.82, 2.24) is 4.57 Å². The van der Waals surface area contributed by atoms with Crippen LogP contribution in [-0.4, -0.2) is 10.5 Å². The maximum absolute atomic E-state index is 11.9. The number of hydrogen-bond donors (Lipinski definition) is 1. The molecule has 3 heteroatoms. The second-order valence-electron chi connectivity index (χ2n) is 9.07. The largest absolute Gasteiger partial charge is 0.366 e. The third-order valence-corrected chi connectivity index (χ3v) is 6.23. The Morgan fingerprint density at radius 3 is 2.27 bits per heavy atom. The summed E-state index contributed by atoms with van der Waals surface area (Å²) >= 11 is 0. The molecular weight excluding hydrogens is 320 g/mol. The molecule has 0 unspecified atom stereocenters. The molecule has 0 atom stereocenters. The first-order chi connectivity index (χ1) is 12.1. The van der Waals surface area contributed by atoms with Gasteiger partial charge in [0.25, 0.3) is 5.91 Å². The van der Waals surface area contributed by atoms with E-state index >= 15 is 0 Å². The fourth-order valence-electron chi connectivity index (χ4n) is 4.39. The molecule has 1 aromatic heterocycles. The number of carbonyl (C=O) groups excluding carboxylic acids is 1. The summed E-state index contributed by atoms with van der Waals surface area (Å²) in [6, 6.07) is 8.83. The number of primary amides is 1. The van der Waals surface area contributed by atoms with E-state index in [4.69, 9.17) is 5.73 Å². The van der Waals surface area contributed by atoms with Crippen LogP contribution in [0.1, 0.15) is 81.1 Å². The molecule has 0 saturated carbocycles.